The Hall–Kier alpha value is -1.50. The normalized spacial score (nSPS) is 18.8. The van der Waals surface area contributed by atoms with Crippen LogP contribution in [0.4, 0.5) is 0 Å². The van der Waals surface area contributed by atoms with Crippen molar-refractivity contribution in [3.63, 3.8) is 0 Å². The first-order valence-electron chi connectivity index (χ1n) is 5.92. The maximum absolute atomic E-state index is 12.3. The molecule has 1 aromatic rings. The molecule has 1 aromatic heterocycles. The van der Waals surface area contributed by atoms with Crippen LogP contribution in [-0.2, 0) is 11.8 Å². The Morgan fingerprint density at radius 3 is 2.72 bits per heavy atom. The summed E-state index contributed by atoms with van der Waals surface area (Å²) < 4.78 is 1.78. The summed E-state index contributed by atoms with van der Waals surface area (Å²) in [6, 6.07) is -0.211. The highest BCUT2D eigenvalue weighted by Gasteiger charge is 2.47. The van der Waals surface area contributed by atoms with E-state index < -0.39 is 5.41 Å². The Kier molecular flexibility index (Phi) is 3.34. The van der Waals surface area contributed by atoms with E-state index in [9.17, 15) is 4.79 Å². The number of rotatable bonds is 4. The van der Waals surface area contributed by atoms with Gasteiger partial charge in [0.05, 0.1) is 16.4 Å². The molecule has 1 aliphatic rings. The highest BCUT2D eigenvalue weighted by Crippen LogP contribution is 2.41. The van der Waals surface area contributed by atoms with Crippen LogP contribution in [0.2, 0.25) is 0 Å². The first-order valence-corrected chi connectivity index (χ1v) is 6.33. The lowest BCUT2D eigenvalue weighted by Crippen LogP contribution is -2.53. The quantitative estimate of drug-likeness (QED) is 0.774. The molecule has 1 aliphatic carbocycles. The minimum atomic E-state index is -0.651. The van der Waals surface area contributed by atoms with E-state index in [1.807, 2.05) is 14.0 Å². The van der Waals surface area contributed by atoms with E-state index in [0.29, 0.717) is 5.82 Å². The van der Waals surface area contributed by atoms with Gasteiger partial charge in [0.1, 0.15) is 6.33 Å². The molecule has 98 valence electrons. The van der Waals surface area contributed by atoms with E-state index in [0.717, 1.165) is 19.3 Å². The van der Waals surface area contributed by atoms with Crippen LogP contribution in [0.5, 0.6) is 0 Å². The number of amides is 1. The third-order valence-corrected chi connectivity index (χ3v) is 3.99. The van der Waals surface area contributed by atoms with Gasteiger partial charge < -0.3 is 15.6 Å². The summed E-state index contributed by atoms with van der Waals surface area (Å²) in [5, 5.41) is 10.7. The minimum absolute atomic E-state index is 0.100. The van der Waals surface area contributed by atoms with E-state index in [1.54, 1.807) is 10.9 Å². The SMILES string of the molecule is CC(NC(=O)C1(C(N)=S)CCC1)c1nncn1C. The lowest BCUT2D eigenvalue weighted by atomic mass is 9.68. The van der Waals surface area contributed by atoms with Gasteiger partial charge in [-0.2, -0.15) is 0 Å². The van der Waals surface area contributed by atoms with E-state index in [1.165, 1.54) is 0 Å². The number of hydrogen-bond donors (Lipinski definition) is 2. The smallest absolute Gasteiger partial charge is 0.233 e. The highest BCUT2D eigenvalue weighted by atomic mass is 32.1. The fourth-order valence-electron chi connectivity index (χ4n) is 2.20. The Balaban J connectivity index is 2.08. The molecule has 2 rings (SSSR count). The molecule has 0 aromatic carbocycles. The second-order valence-corrected chi connectivity index (χ2v) is 5.23. The topological polar surface area (TPSA) is 85.8 Å². The molecule has 0 spiro atoms. The first-order chi connectivity index (χ1) is 8.47. The van der Waals surface area contributed by atoms with Crippen molar-refractivity contribution in [2.24, 2.45) is 18.2 Å². The highest BCUT2D eigenvalue weighted by molar-refractivity contribution is 7.80. The number of thiocarbonyl (C=S) groups is 1. The van der Waals surface area contributed by atoms with Gasteiger partial charge in [0.25, 0.3) is 0 Å². The number of nitrogens with two attached hydrogens (primary N) is 1. The van der Waals surface area contributed by atoms with Gasteiger partial charge in [-0.25, -0.2) is 0 Å². The second-order valence-electron chi connectivity index (χ2n) is 4.80. The van der Waals surface area contributed by atoms with Crippen molar-refractivity contribution in [1.82, 2.24) is 20.1 Å². The van der Waals surface area contributed by atoms with Crippen molar-refractivity contribution < 1.29 is 4.79 Å². The minimum Gasteiger partial charge on any atom is -0.392 e. The zero-order valence-corrected chi connectivity index (χ0v) is 11.3. The fraction of sp³-hybridized carbons (Fsp3) is 0.636. The second kappa shape index (κ2) is 4.64. The van der Waals surface area contributed by atoms with Crippen LogP contribution < -0.4 is 11.1 Å². The summed E-state index contributed by atoms with van der Waals surface area (Å²) >= 11 is 5.02. The molecule has 1 atom stereocenters. The van der Waals surface area contributed by atoms with Gasteiger partial charge in [-0.15, -0.1) is 10.2 Å². The van der Waals surface area contributed by atoms with Gasteiger partial charge in [0.2, 0.25) is 5.91 Å². The van der Waals surface area contributed by atoms with Crippen LogP contribution in [-0.4, -0.2) is 25.7 Å². The molecular weight excluding hydrogens is 250 g/mol. The number of carbonyl (C=O) groups excluding carboxylic acids is 1. The summed E-state index contributed by atoms with van der Waals surface area (Å²) in [4.78, 5) is 12.6. The maximum Gasteiger partial charge on any atom is 0.233 e. The molecule has 0 saturated heterocycles. The number of nitrogens with zero attached hydrogens (tertiary/aromatic N) is 3. The third kappa shape index (κ3) is 1.98. The largest absolute Gasteiger partial charge is 0.392 e. The van der Waals surface area contributed by atoms with Gasteiger partial charge in [0.15, 0.2) is 5.82 Å². The van der Waals surface area contributed by atoms with Crippen molar-refractivity contribution >= 4 is 23.1 Å². The van der Waals surface area contributed by atoms with Gasteiger partial charge in [-0.3, -0.25) is 4.79 Å². The zero-order valence-electron chi connectivity index (χ0n) is 10.5. The van der Waals surface area contributed by atoms with E-state index in [-0.39, 0.29) is 16.9 Å². The molecule has 0 aliphatic heterocycles. The Bertz CT molecular complexity index is 480. The van der Waals surface area contributed by atoms with Crippen LogP contribution in [0, 0.1) is 5.41 Å². The standard InChI is InChI=1S/C11H17N5OS/c1-7(8-15-13-6-16(8)2)14-10(17)11(9(12)18)4-3-5-11/h6-7H,3-5H2,1-2H3,(H2,12,18)(H,14,17). The number of aromatic nitrogens is 3. The Morgan fingerprint density at radius 1 is 1.67 bits per heavy atom. The van der Waals surface area contributed by atoms with Crippen LogP contribution >= 0.6 is 12.2 Å². The molecule has 1 amide bonds. The van der Waals surface area contributed by atoms with Crippen LogP contribution in [0.1, 0.15) is 38.1 Å². The molecule has 1 saturated carbocycles. The molecule has 0 bridgehead atoms. The summed E-state index contributed by atoms with van der Waals surface area (Å²) in [5.41, 5.74) is 5.04. The van der Waals surface area contributed by atoms with Crippen molar-refractivity contribution in [1.29, 1.82) is 0 Å². The lowest BCUT2D eigenvalue weighted by Gasteiger charge is -2.39. The van der Waals surface area contributed by atoms with Gasteiger partial charge in [-0.1, -0.05) is 18.6 Å². The summed E-state index contributed by atoms with van der Waals surface area (Å²) in [7, 11) is 1.84. The number of carbonyl (C=O) groups is 1. The maximum atomic E-state index is 12.3. The monoisotopic (exact) mass is 267 g/mol. The molecule has 3 N–H and O–H groups in total. The van der Waals surface area contributed by atoms with E-state index in [2.05, 4.69) is 15.5 Å². The molecule has 0 radical (unpaired) electrons. The lowest BCUT2D eigenvalue weighted by molar-refractivity contribution is -0.131. The summed E-state index contributed by atoms with van der Waals surface area (Å²) in [5.74, 6) is 0.609. The van der Waals surface area contributed by atoms with Gasteiger partial charge >= 0.3 is 0 Å². The van der Waals surface area contributed by atoms with Crippen molar-refractivity contribution in [3.05, 3.63) is 12.2 Å². The van der Waals surface area contributed by atoms with Gasteiger partial charge in [-0.05, 0) is 19.8 Å². The Morgan fingerprint density at radius 2 is 2.33 bits per heavy atom. The molecule has 1 heterocycles. The van der Waals surface area contributed by atoms with E-state index >= 15 is 0 Å². The Labute approximate surface area is 111 Å². The number of hydrogen-bond acceptors (Lipinski definition) is 4. The number of nitrogens with one attached hydrogen (secondary N) is 1. The molecule has 18 heavy (non-hydrogen) atoms. The van der Waals surface area contributed by atoms with Crippen molar-refractivity contribution in [2.45, 2.75) is 32.2 Å². The average molecular weight is 267 g/mol. The van der Waals surface area contributed by atoms with Crippen molar-refractivity contribution in [2.75, 3.05) is 0 Å². The summed E-state index contributed by atoms with van der Waals surface area (Å²) in [6.07, 6.45) is 4.06. The fourth-order valence-corrected chi connectivity index (χ4v) is 2.50. The van der Waals surface area contributed by atoms with Gasteiger partial charge in [0, 0.05) is 7.05 Å². The number of aryl methyl sites for hydroxylation is 1. The molecule has 1 fully saturated rings. The summed E-state index contributed by atoms with van der Waals surface area (Å²) in [6.45, 7) is 1.87. The zero-order chi connectivity index (χ0) is 13.3. The van der Waals surface area contributed by atoms with E-state index in [4.69, 9.17) is 18.0 Å². The predicted molar refractivity (Wildman–Crippen MR) is 70.6 cm³/mol. The van der Waals surface area contributed by atoms with Crippen LogP contribution in [0.25, 0.3) is 0 Å². The van der Waals surface area contributed by atoms with Crippen molar-refractivity contribution in [3.8, 4) is 0 Å². The molecular formula is C11H17N5OS. The predicted octanol–water partition coefficient (Wildman–Crippen LogP) is 0.449. The van der Waals surface area contributed by atoms with Crippen LogP contribution in [0.3, 0.4) is 0 Å². The molecule has 6 nitrogen and oxygen atoms in total. The molecule has 1 unspecified atom stereocenters. The van der Waals surface area contributed by atoms with Crippen LogP contribution in [0.15, 0.2) is 6.33 Å². The average Bonchev–Trinajstić information content (AvgIpc) is 2.61. The third-order valence-electron chi connectivity index (χ3n) is 3.59. The first kappa shape index (κ1) is 12.9. The molecule has 7 heteroatoms.